The number of nitrogens with zero attached hydrogens (tertiary/aromatic N) is 3. The quantitative estimate of drug-likeness (QED) is 0.0225. The second kappa shape index (κ2) is 16.1. The predicted molar refractivity (Wildman–Crippen MR) is 139 cm³/mol. The van der Waals surface area contributed by atoms with Crippen molar-refractivity contribution in [1.82, 2.24) is 0 Å². The average molecular weight is 615 g/mol. The van der Waals surface area contributed by atoms with Crippen molar-refractivity contribution in [2.24, 2.45) is 15.3 Å². The SMILES string of the molecule is Cc1ccc(NN=C(N=Nc2cc(SOOO)cc(SOOO)c2C(=O)O)c2ccccc2SOOO)c(O)c1. The first-order valence-electron chi connectivity index (χ1n) is 10.4. The Bertz CT molecular complexity index is 1380. The molecular formula is C21H18N4O12S3. The van der Waals surface area contributed by atoms with Gasteiger partial charge in [0.2, 0.25) is 5.84 Å². The minimum Gasteiger partial charge on any atom is -0.506 e. The van der Waals surface area contributed by atoms with Gasteiger partial charge in [0.25, 0.3) is 0 Å². The van der Waals surface area contributed by atoms with Crippen molar-refractivity contribution in [3.63, 3.8) is 0 Å². The van der Waals surface area contributed by atoms with Crippen LogP contribution < -0.4 is 5.43 Å². The first-order valence-corrected chi connectivity index (χ1v) is 12.6. The van der Waals surface area contributed by atoms with E-state index in [-0.39, 0.29) is 32.8 Å². The smallest absolute Gasteiger partial charge is 0.339 e. The van der Waals surface area contributed by atoms with Gasteiger partial charge >= 0.3 is 5.97 Å². The third kappa shape index (κ3) is 8.85. The van der Waals surface area contributed by atoms with Gasteiger partial charge in [-0.3, -0.25) is 5.43 Å². The minimum atomic E-state index is -1.44. The lowest BCUT2D eigenvalue weighted by Crippen LogP contribution is -2.04. The number of aromatic hydroxyl groups is 1. The van der Waals surface area contributed by atoms with E-state index in [9.17, 15) is 15.0 Å². The van der Waals surface area contributed by atoms with Crippen LogP contribution in [0.25, 0.3) is 0 Å². The highest BCUT2D eigenvalue weighted by molar-refractivity contribution is 7.95. The highest BCUT2D eigenvalue weighted by atomic mass is 32.2. The maximum Gasteiger partial charge on any atom is 0.339 e. The van der Waals surface area contributed by atoms with Crippen LogP contribution in [0.15, 0.2) is 84.6 Å². The van der Waals surface area contributed by atoms with Crippen LogP contribution in [0.3, 0.4) is 0 Å². The molecule has 0 aliphatic rings. The van der Waals surface area contributed by atoms with Gasteiger partial charge in [0.15, 0.2) is 0 Å². The molecule has 0 aromatic heterocycles. The molecule has 3 aromatic rings. The third-order valence-electron chi connectivity index (χ3n) is 4.55. The molecule has 40 heavy (non-hydrogen) atoms. The van der Waals surface area contributed by atoms with Crippen LogP contribution in [-0.4, -0.2) is 37.8 Å². The number of hydrogen-bond donors (Lipinski definition) is 6. The van der Waals surface area contributed by atoms with E-state index in [4.69, 9.17) is 15.8 Å². The van der Waals surface area contributed by atoms with Crippen LogP contribution in [0.2, 0.25) is 0 Å². The van der Waals surface area contributed by atoms with Crippen LogP contribution in [0.1, 0.15) is 21.5 Å². The van der Waals surface area contributed by atoms with E-state index in [1.165, 1.54) is 18.2 Å². The van der Waals surface area contributed by atoms with Crippen molar-refractivity contribution in [3.05, 3.63) is 71.3 Å². The number of carbonyl (C=O) groups is 1. The van der Waals surface area contributed by atoms with Crippen LogP contribution in [0.4, 0.5) is 11.4 Å². The van der Waals surface area contributed by atoms with Crippen molar-refractivity contribution < 1.29 is 58.9 Å². The molecule has 0 heterocycles. The van der Waals surface area contributed by atoms with Gasteiger partial charge in [-0.05, 0) is 48.9 Å². The monoisotopic (exact) mass is 614 g/mol. The normalized spacial score (nSPS) is 11.8. The molecule has 0 amide bonds. The minimum absolute atomic E-state index is 0.100. The summed E-state index contributed by atoms with van der Waals surface area (Å²) in [5.41, 5.74) is 3.34. The van der Waals surface area contributed by atoms with E-state index in [1.54, 1.807) is 43.3 Å². The summed E-state index contributed by atoms with van der Waals surface area (Å²) in [6, 6.07) is 13.8. The van der Waals surface area contributed by atoms with Crippen molar-refractivity contribution in [1.29, 1.82) is 0 Å². The second-order valence-corrected chi connectivity index (χ2v) is 9.32. The van der Waals surface area contributed by atoms with Crippen LogP contribution in [0, 0.1) is 6.92 Å². The number of hydrogen-bond acceptors (Lipinski definition) is 17. The zero-order valence-corrected chi connectivity index (χ0v) is 22.3. The Morgan fingerprint density at radius 2 is 1.55 bits per heavy atom. The van der Waals surface area contributed by atoms with Gasteiger partial charge in [-0.1, -0.05) is 33.3 Å². The summed E-state index contributed by atoms with van der Waals surface area (Å²) in [6.07, 6.45) is 0. The number of rotatable bonds is 14. The Labute approximate surface area is 237 Å². The molecule has 0 radical (unpaired) electrons. The first kappa shape index (κ1) is 31.2. The van der Waals surface area contributed by atoms with Gasteiger partial charge in [-0.2, -0.15) is 5.10 Å². The zero-order valence-electron chi connectivity index (χ0n) is 19.9. The summed E-state index contributed by atoms with van der Waals surface area (Å²) in [7, 11) is 0. The van der Waals surface area contributed by atoms with Crippen molar-refractivity contribution in [2.75, 3.05) is 5.43 Å². The van der Waals surface area contributed by atoms with Gasteiger partial charge in [-0.25, -0.2) is 20.6 Å². The Morgan fingerprint density at radius 1 is 0.875 bits per heavy atom. The molecule has 0 atom stereocenters. The van der Waals surface area contributed by atoms with Crippen molar-refractivity contribution >= 4 is 59.3 Å². The summed E-state index contributed by atoms with van der Waals surface area (Å²) in [5, 5.41) is 68.9. The number of anilines is 1. The molecule has 0 aliphatic heterocycles. The molecule has 0 unspecified atom stereocenters. The number of phenols is 1. The largest absolute Gasteiger partial charge is 0.506 e. The number of carboxylic acid groups (broad SMARTS) is 1. The summed E-state index contributed by atoms with van der Waals surface area (Å²) in [5.74, 6) is -1.67. The highest BCUT2D eigenvalue weighted by Gasteiger charge is 2.21. The number of benzene rings is 3. The van der Waals surface area contributed by atoms with Crippen molar-refractivity contribution in [3.8, 4) is 5.75 Å². The summed E-state index contributed by atoms with van der Waals surface area (Å²) < 4.78 is 13.3. The lowest BCUT2D eigenvalue weighted by molar-refractivity contribution is -0.432. The molecule has 0 aliphatic carbocycles. The Morgan fingerprint density at radius 3 is 2.23 bits per heavy atom. The molecule has 212 valence electrons. The fourth-order valence-corrected chi connectivity index (χ4v) is 4.50. The number of carboxylic acids is 1. The Hall–Kier alpha value is -3.31. The molecule has 0 saturated carbocycles. The number of hydrazone groups is 1. The summed E-state index contributed by atoms with van der Waals surface area (Å²) in [6.45, 7) is 1.79. The van der Waals surface area contributed by atoms with Gasteiger partial charge in [0.05, 0.1) is 46.7 Å². The fourth-order valence-electron chi connectivity index (χ4n) is 2.95. The first-order chi connectivity index (χ1) is 19.4. The molecule has 3 aromatic carbocycles. The van der Waals surface area contributed by atoms with Gasteiger partial charge in [0, 0.05) is 15.4 Å². The maximum absolute atomic E-state index is 12.1. The molecule has 0 saturated heterocycles. The summed E-state index contributed by atoms with van der Waals surface area (Å²) in [4.78, 5) is 12.5. The van der Waals surface area contributed by atoms with Gasteiger partial charge in [0.1, 0.15) is 17.0 Å². The summed E-state index contributed by atoms with van der Waals surface area (Å²) >= 11 is 1.44. The number of aryl methyl sites for hydroxylation is 1. The molecule has 16 nitrogen and oxygen atoms in total. The number of azo groups is 1. The van der Waals surface area contributed by atoms with Gasteiger partial charge in [-0.15, -0.1) is 23.2 Å². The number of aromatic carboxylic acids is 1. The molecule has 0 fully saturated rings. The van der Waals surface area contributed by atoms with E-state index in [0.29, 0.717) is 46.6 Å². The molecular weight excluding hydrogens is 596 g/mol. The van der Waals surface area contributed by atoms with Crippen molar-refractivity contribution in [2.45, 2.75) is 21.6 Å². The molecule has 0 spiro atoms. The molecule has 0 bridgehead atoms. The lowest BCUT2D eigenvalue weighted by atomic mass is 10.2. The van der Waals surface area contributed by atoms with E-state index in [0.717, 1.165) is 5.56 Å². The Balaban J connectivity index is 2.13. The number of phenolic OH excluding ortho intramolecular Hbond substituents is 1. The highest BCUT2D eigenvalue weighted by Crippen LogP contribution is 2.37. The van der Waals surface area contributed by atoms with Crippen LogP contribution in [-0.2, 0) is 28.1 Å². The topological polar surface area (TPSA) is 223 Å². The predicted octanol–water partition coefficient (Wildman–Crippen LogP) is 6.24. The standard InChI is InChI=1S/C21H18N4O12S3/c1-11-6-7-14(16(26)8-11)22-24-20(13-4-2-3-5-17(13)39-36-33-30)25-23-15-9-12(38-35-32-29)10-18(40-37-34-31)19(15)21(27)28/h2-10,22,26,29-31H,1H3,(H,27,28). The van der Waals surface area contributed by atoms with E-state index in [2.05, 4.69) is 48.9 Å². The fraction of sp³-hybridized carbons (Fsp3) is 0.0476. The van der Waals surface area contributed by atoms with Gasteiger partial charge < -0.3 is 10.2 Å². The zero-order chi connectivity index (χ0) is 28.9. The molecule has 19 heteroatoms. The van der Waals surface area contributed by atoms with E-state index in [1.807, 2.05) is 0 Å². The van der Waals surface area contributed by atoms with Crippen LogP contribution in [0.5, 0.6) is 5.75 Å². The number of nitrogens with one attached hydrogen (secondary N) is 1. The average Bonchev–Trinajstić information content (AvgIpc) is 2.94. The molecule has 3 rings (SSSR count). The van der Waals surface area contributed by atoms with E-state index >= 15 is 0 Å². The Kier molecular flexibility index (Phi) is 12.5. The maximum atomic E-state index is 12.1. The third-order valence-corrected chi connectivity index (χ3v) is 6.41. The molecule has 6 N–H and O–H groups in total. The number of amidine groups is 1. The van der Waals surface area contributed by atoms with E-state index < -0.39 is 11.5 Å². The lowest BCUT2D eigenvalue weighted by Gasteiger charge is -2.10. The second-order valence-electron chi connectivity index (χ2n) is 7.06. The van der Waals surface area contributed by atoms with Crippen LogP contribution >= 0.6 is 36.1 Å².